The van der Waals surface area contributed by atoms with Crippen LogP contribution in [0.5, 0.6) is 0 Å². The lowest BCUT2D eigenvalue weighted by molar-refractivity contribution is 0.0687. The molecule has 1 aliphatic heterocycles. The summed E-state index contributed by atoms with van der Waals surface area (Å²) < 4.78 is 2.67. The first kappa shape index (κ1) is 16.7. The number of halogens is 1. The van der Waals surface area contributed by atoms with E-state index < -0.39 is 5.97 Å². The Morgan fingerprint density at radius 2 is 2.00 bits per heavy atom. The van der Waals surface area contributed by atoms with Crippen molar-refractivity contribution in [2.75, 3.05) is 13.1 Å². The highest BCUT2D eigenvalue weighted by molar-refractivity contribution is 9.10. The van der Waals surface area contributed by atoms with Crippen LogP contribution in [0.25, 0.3) is 0 Å². The maximum Gasteiger partial charge on any atom is 0.338 e. The van der Waals surface area contributed by atoms with Crippen molar-refractivity contribution in [2.24, 2.45) is 0 Å². The number of aromatic nitrogens is 2. The van der Waals surface area contributed by atoms with Crippen molar-refractivity contribution < 1.29 is 14.7 Å². The van der Waals surface area contributed by atoms with Gasteiger partial charge in [-0.1, -0.05) is 15.9 Å². The van der Waals surface area contributed by atoms with Gasteiger partial charge in [0.15, 0.2) is 0 Å². The molecule has 0 spiro atoms. The molecule has 0 atom stereocenters. The van der Waals surface area contributed by atoms with Gasteiger partial charge in [-0.25, -0.2) is 4.79 Å². The molecule has 0 aliphatic carbocycles. The molecule has 2 heterocycles. The van der Waals surface area contributed by atoms with Gasteiger partial charge in [0.1, 0.15) is 0 Å². The summed E-state index contributed by atoms with van der Waals surface area (Å²) in [5.74, 6) is -0.926. The third kappa shape index (κ3) is 3.36. The summed E-state index contributed by atoms with van der Waals surface area (Å²) in [6.07, 6.45) is 4.46. The van der Waals surface area contributed by atoms with Crippen LogP contribution in [-0.4, -0.2) is 44.8 Å². The van der Waals surface area contributed by atoms with Crippen molar-refractivity contribution in [3.63, 3.8) is 0 Å². The molecular weight excluding hydrogens is 374 g/mol. The average Bonchev–Trinajstić information content (AvgIpc) is 3.05. The average molecular weight is 392 g/mol. The number of carbonyl (C=O) groups excluding carboxylic acids is 1. The fourth-order valence-corrected chi connectivity index (χ4v) is 3.49. The van der Waals surface area contributed by atoms with Crippen molar-refractivity contribution in [1.29, 1.82) is 0 Å². The Labute approximate surface area is 148 Å². The summed E-state index contributed by atoms with van der Waals surface area (Å²) in [5.41, 5.74) is 1.87. The van der Waals surface area contributed by atoms with Gasteiger partial charge in [0.25, 0.3) is 5.91 Å². The van der Waals surface area contributed by atoms with Gasteiger partial charge in [-0.05, 0) is 43.5 Å². The minimum Gasteiger partial charge on any atom is -0.478 e. The standard InChI is InChI=1S/C17H18BrN3O3/c1-11-8-13(18)2-3-15(11)16(22)20-6-4-14(5-7-20)21-10-12(9-19-21)17(23)24/h2-3,8-10,14H,4-7H2,1H3,(H,23,24). The molecule has 126 valence electrons. The molecule has 0 unspecified atom stereocenters. The van der Waals surface area contributed by atoms with Crippen molar-refractivity contribution in [3.8, 4) is 0 Å². The third-order valence-corrected chi connectivity index (χ3v) is 4.89. The van der Waals surface area contributed by atoms with Gasteiger partial charge >= 0.3 is 5.97 Å². The van der Waals surface area contributed by atoms with Crippen LogP contribution >= 0.6 is 15.9 Å². The molecule has 1 aliphatic rings. The second-order valence-corrected chi connectivity index (χ2v) is 6.91. The molecule has 1 aromatic carbocycles. The molecule has 3 rings (SSSR count). The smallest absolute Gasteiger partial charge is 0.338 e. The third-order valence-electron chi connectivity index (χ3n) is 4.39. The predicted octanol–water partition coefficient (Wildman–Crippen LogP) is 3.13. The zero-order chi connectivity index (χ0) is 17.3. The minimum absolute atomic E-state index is 0.0464. The lowest BCUT2D eigenvalue weighted by Gasteiger charge is -2.32. The molecule has 0 saturated carbocycles. The number of rotatable bonds is 3. The Bertz CT molecular complexity index is 779. The van der Waals surface area contributed by atoms with Crippen LogP contribution in [0.3, 0.4) is 0 Å². The Hall–Kier alpha value is -2.15. The molecule has 0 bridgehead atoms. The van der Waals surface area contributed by atoms with E-state index in [9.17, 15) is 9.59 Å². The monoisotopic (exact) mass is 391 g/mol. The minimum atomic E-state index is -0.973. The molecule has 2 aromatic rings. The molecule has 1 amide bonds. The number of hydrogen-bond acceptors (Lipinski definition) is 3. The highest BCUT2D eigenvalue weighted by Gasteiger charge is 2.26. The van der Waals surface area contributed by atoms with Crippen LogP contribution in [-0.2, 0) is 0 Å². The first-order valence-electron chi connectivity index (χ1n) is 7.78. The van der Waals surface area contributed by atoms with Crippen LogP contribution in [0, 0.1) is 6.92 Å². The fraction of sp³-hybridized carbons (Fsp3) is 0.353. The first-order valence-corrected chi connectivity index (χ1v) is 8.58. The number of nitrogens with zero attached hydrogens (tertiary/aromatic N) is 3. The van der Waals surface area contributed by atoms with Gasteiger partial charge in [-0.2, -0.15) is 5.10 Å². The molecule has 6 nitrogen and oxygen atoms in total. The van der Waals surface area contributed by atoms with E-state index in [0.29, 0.717) is 13.1 Å². The topological polar surface area (TPSA) is 75.4 Å². The van der Waals surface area contributed by atoms with Crippen molar-refractivity contribution >= 4 is 27.8 Å². The van der Waals surface area contributed by atoms with E-state index in [1.54, 1.807) is 10.9 Å². The van der Waals surface area contributed by atoms with Crippen LogP contribution in [0.1, 0.15) is 45.2 Å². The van der Waals surface area contributed by atoms with E-state index in [-0.39, 0.29) is 17.5 Å². The van der Waals surface area contributed by atoms with E-state index in [4.69, 9.17) is 5.11 Å². The number of carboxylic acid groups (broad SMARTS) is 1. The fourth-order valence-electron chi connectivity index (χ4n) is 3.02. The molecular formula is C17H18BrN3O3. The Morgan fingerprint density at radius 1 is 1.29 bits per heavy atom. The number of piperidine rings is 1. The highest BCUT2D eigenvalue weighted by Crippen LogP contribution is 2.25. The number of carboxylic acids is 1. The summed E-state index contributed by atoms with van der Waals surface area (Å²) >= 11 is 3.41. The van der Waals surface area contributed by atoms with Crippen LogP contribution in [0.2, 0.25) is 0 Å². The molecule has 0 radical (unpaired) electrons. The van der Waals surface area contributed by atoms with Gasteiger partial charge in [-0.3, -0.25) is 9.48 Å². The number of amides is 1. The van der Waals surface area contributed by atoms with Crippen LogP contribution in [0.4, 0.5) is 0 Å². The lowest BCUT2D eigenvalue weighted by atomic mass is 10.0. The number of benzene rings is 1. The van der Waals surface area contributed by atoms with E-state index in [1.807, 2.05) is 30.0 Å². The van der Waals surface area contributed by atoms with Gasteiger partial charge in [0.2, 0.25) is 0 Å². The first-order chi connectivity index (χ1) is 11.5. The summed E-state index contributed by atoms with van der Waals surface area (Å²) in [6.45, 7) is 3.21. The number of aromatic carboxylic acids is 1. The zero-order valence-electron chi connectivity index (χ0n) is 13.3. The Morgan fingerprint density at radius 3 is 2.58 bits per heavy atom. The summed E-state index contributed by atoms with van der Waals surface area (Å²) in [6, 6.07) is 5.80. The zero-order valence-corrected chi connectivity index (χ0v) is 14.9. The highest BCUT2D eigenvalue weighted by atomic mass is 79.9. The van der Waals surface area contributed by atoms with E-state index in [0.717, 1.165) is 28.4 Å². The van der Waals surface area contributed by atoms with Crippen LogP contribution in [0.15, 0.2) is 35.1 Å². The van der Waals surface area contributed by atoms with Crippen molar-refractivity contribution in [3.05, 3.63) is 51.8 Å². The van der Waals surface area contributed by atoms with E-state index in [1.165, 1.54) is 6.20 Å². The largest absolute Gasteiger partial charge is 0.478 e. The molecule has 1 N–H and O–H groups in total. The SMILES string of the molecule is Cc1cc(Br)ccc1C(=O)N1CCC(n2cc(C(=O)O)cn2)CC1. The number of aryl methyl sites for hydroxylation is 1. The summed E-state index contributed by atoms with van der Waals surface area (Å²) in [5, 5.41) is 13.1. The van der Waals surface area contributed by atoms with Gasteiger partial charge < -0.3 is 10.0 Å². The number of carbonyl (C=O) groups is 2. The summed E-state index contributed by atoms with van der Waals surface area (Å²) in [4.78, 5) is 25.5. The van der Waals surface area contributed by atoms with Gasteiger partial charge in [0.05, 0.1) is 17.8 Å². The maximum absolute atomic E-state index is 12.7. The second-order valence-electron chi connectivity index (χ2n) is 6.00. The summed E-state index contributed by atoms with van der Waals surface area (Å²) in [7, 11) is 0. The van der Waals surface area contributed by atoms with Gasteiger partial charge in [0, 0.05) is 29.3 Å². The van der Waals surface area contributed by atoms with Crippen LogP contribution < -0.4 is 0 Å². The van der Waals surface area contributed by atoms with E-state index in [2.05, 4.69) is 21.0 Å². The molecule has 1 fully saturated rings. The normalized spacial score (nSPS) is 15.5. The maximum atomic E-state index is 12.7. The molecule has 7 heteroatoms. The number of likely N-dealkylation sites (tertiary alicyclic amines) is 1. The molecule has 24 heavy (non-hydrogen) atoms. The van der Waals surface area contributed by atoms with E-state index >= 15 is 0 Å². The Kier molecular flexibility index (Phi) is 4.71. The van der Waals surface area contributed by atoms with Crippen molar-refractivity contribution in [2.45, 2.75) is 25.8 Å². The number of hydrogen-bond donors (Lipinski definition) is 1. The lowest BCUT2D eigenvalue weighted by Crippen LogP contribution is -2.39. The Balaban J connectivity index is 1.65. The quantitative estimate of drug-likeness (QED) is 0.871. The van der Waals surface area contributed by atoms with Gasteiger partial charge in [-0.15, -0.1) is 0 Å². The second kappa shape index (κ2) is 6.76. The predicted molar refractivity (Wildman–Crippen MR) is 92.2 cm³/mol. The molecule has 1 aromatic heterocycles. The van der Waals surface area contributed by atoms with Crippen molar-refractivity contribution in [1.82, 2.24) is 14.7 Å². The molecule has 1 saturated heterocycles.